The molecule has 2 rings (SSSR count). The van der Waals surface area contributed by atoms with E-state index in [-0.39, 0.29) is 10.7 Å². The molecule has 1 fully saturated rings. The molecule has 0 atom stereocenters. The molecule has 110 valence electrons. The molecule has 1 aliphatic carbocycles. The first-order chi connectivity index (χ1) is 9.60. The number of carbonyl (C=O) groups is 1. The van der Waals surface area contributed by atoms with Gasteiger partial charge in [-0.2, -0.15) is 11.8 Å². The third-order valence-electron chi connectivity index (χ3n) is 3.72. The van der Waals surface area contributed by atoms with Gasteiger partial charge in [0, 0.05) is 24.0 Å². The maximum Gasteiger partial charge on any atom is 0.252 e. The molecule has 0 radical (unpaired) electrons. The van der Waals surface area contributed by atoms with Crippen molar-refractivity contribution in [1.29, 1.82) is 0 Å². The first kappa shape index (κ1) is 15.4. The maximum absolute atomic E-state index is 12.1. The van der Waals surface area contributed by atoms with E-state index in [0.29, 0.717) is 22.9 Å². The highest BCUT2D eigenvalue weighted by molar-refractivity contribution is 8.00. The largest absolute Gasteiger partial charge is 0.369 e. The summed E-state index contributed by atoms with van der Waals surface area (Å²) in [6.07, 6.45) is 7.27. The van der Waals surface area contributed by atoms with E-state index in [0.717, 1.165) is 6.54 Å². The van der Waals surface area contributed by atoms with Crippen LogP contribution in [0.25, 0.3) is 0 Å². The molecule has 0 saturated heterocycles. The smallest absolute Gasteiger partial charge is 0.252 e. The molecule has 1 heterocycles. The quantitative estimate of drug-likeness (QED) is 0.847. The van der Waals surface area contributed by atoms with Crippen molar-refractivity contribution in [2.24, 2.45) is 0 Å². The number of nitrogens with zero attached hydrogens (tertiary/aromatic N) is 1. The van der Waals surface area contributed by atoms with Crippen LogP contribution in [0.1, 0.15) is 36.5 Å². The highest BCUT2D eigenvalue weighted by Crippen LogP contribution is 2.42. The fourth-order valence-corrected chi connectivity index (χ4v) is 3.37. The summed E-state index contributed by atoms with van der Waals surface area (Å²) in [6.45, 7) is 3.42. The Balaban J connectivity index is 1.97. The second kappa shape index (κ2) is 6.68. The average Bonchev–Trinajstić information content (AvgIpc) is 2.40. The van der Waals surface area contributed by atoms with Crippen LogP contribution in [0.3, 0.4) is 0 Å². The van der Waals surface area contributed by atoms with Crippen LogP contribution in [0.2, 0.25) is 5.02 Å². The van der Waals surface area contributed by atoms with E-state index in [1.807, 2.05) is 18.7 Å². The third-order valence-corrected chi connectivity index (χ3v) is 5.42. The number of hydrogen-bond donors (Lipinski definition) is 2. The zero-order chi connectivity index (χ0) is 14.6. The van der Waals surface area contributed by atoms with E-state index >= 15 is 0 Å². The highest BCUT2D eigenvalue weighted by Gasteiger charge is 2.36. The van der Waals surface area contributed by atoms with Gasteiger partial charge in [0.2, 0.25) is 0 Å². The lowest BCUT2D eigenvalue weighted by Crippen LogP contribution is -2.45. The van der Waals surface area contributed by atoms with Crippen molar-refractivity contribution in [2.75, 3.05) is 24.7 Å². The first-order valence-corrected chi connectivity index (χ1v) is 8.43. The molecule has 4 nitrogen and oxygen atoms in total. The third kappa shape index (κ3) is 3.38. The Bertz CT molecular complexity index is 486. The minimum atomic E-state index is -0.109. The Morgan fingerprint density at radius 1 is 1.55 bits per heavy atom. The lowest BCUT2D eigenvalue weighted by Gasteiger charge is -2.40. The predicted molar refractivity (Wildman–Crippen MR) is 85.8 cm³/mol. The monoisotopic (exact) mass is 313 g/mol. The van der Waals surface area contributed by atoms with Gasteiger partial charge < -0.3 is 10.6 Å². The molecule has 1 saturated carbocycles. The van der Waals surface area contributed by atoms with Gasteiger partial charge in [0.05, 0.1) is 10.6 Å². The lowest BCUT2D eigenvalue weighted by atomic mass is 9.84. The molecule has 0 unspecified atom stereocenters. The summed E-state index contributed by atoms with van der Waals surface area (Å²) in [4.78, 5) is 16.3. The van der Waals surface area contributed by atoms with Gasteiger partial charge in [-0.15, -0.1) is 0 Å². The molecular weight excluding hydrogens is 294 g/mol. The topological polar surface area (TPSA) is 54.0 Å². The molecule has 0 aromatic carbocycles. The Morgan fingerprint density at radius 3 is 2.80 bits per heavy atom. The van der Waals surface area contributed by atoms with E-state index in [4.69, 9.17) is 11.6 Å². The summed E-state index contributed by atoms with van der Waals surface area (Å²) in [7, 11) is 0. The number of hydrogen-bond acceptors (Lipinski definition) is 4. The van der Waals surface area contributed by atoms with Crippen LogP contribution >= 0.6 is 23.4 Å². The van der Waals surface area contributed by atoms with Crippen LogP contribution in [0.5, 0.6) is 0 Å². The van der Waals surface area contributed by atoms with Gasteiger partial charge in [0.1, 0.15) is 5.82 Å². The lowest BCUT2D eigenvalue weighted by molar-refractivity contribution is 0.0943. The average molecular weight is 314 g/mol. The Labute approximate surface area is 129 Å². The molecule has 1 amide bonds. The fraction of sp³-hybridized carbons (Fsp3) is 0.571. The van der Waals surface area contributed by atoms with E-state index in [2.05, 4.69) is 21.9 Å². The normalized spacial score (nSPS) is 16.4. The molecule has 0 bridgehead atoms. The van der Waals surface area contributed by atoms with Crippen LogP contribution in [-0.4, -0.2) is 35.0 Å². The fourth-order valence-electron chi connectivity index (χ4n) is 2.23. The van der Waals surface area contributed by atoms with Gasteiger partial charge in [-0.1, -0.05) is 18.0 Å². The molecular formula is C14H20ClN3OS. The second-order valence-electron chi connectivity index (χ2n) is 5.01. The van der Waals surface area contributed by atoms with E-state index in [9.17, 15) is 4.79 Å². The van der Waals surface area contributed by atoms with Crippen molar-refractivity contribution in [2.45, 2.75) is 30.9 Å². The van der Waals surface area contributed by atoms with Gasteiger partial charge in [-0.05, 0) is 32.1 Å². The number of halogens is 1. The minimum Gasteiger partial charge on any atom is -0.369 e. The number of anilines is 1. The highest BCUT2D eigenvalue weighted by atomic mass is 35.5. The standard InChI is InChI=1S/C14H20ClN3OS/c1-3-16-12-11(15)7-10(8-17-12)13(19)18-9-14(20-2)5-4-6-14/h7-8H,3-6,9H2,1-2H3,(H,16,17)(H,18,19). The van der Waals surface area contributed by atoms with Crippen molar-refractivity contribution in [3.05, 3.63) is 22.8 Å². The maximum atomic E-state index is 12.1. The van der Waals surface area contributed by atoms with Crippen LogP contribution in [0.15, 0.2) is 12.3 Å². The van der Waals surface area contributed by atoms with Crippen LogP contribution < -0.4 is 10.6 Å². The Kier molecular flexibility index (Phi) is 5.16. The number of aromatic nitrogens is 1. The number of amides is 1. The van der Waals surface area contributed by atoms with Gasteiger partial charge in [-0.3, -0.25) is 4.79 Å². The molecule has 20 heavy (non-hydrogen) atoms. The van der Waals surface area contributed by atoms with Crippen molar-refractivity contribution < 1.29 is 4.79 Å². The van der Waals surface area contributed by atoms with E-state index in [1.165, 1.54) is 19.3 Å². The number of thioether (sulfide) groups is 1. The van der Waals surface area contributed by atoms with Crippen LogP contribution in [0.4, 0.5) is 5.82 Å². The van der Waals surface area contributed by atoms with Crippen LogP contribution in [0, 0.1) is 0 Å². The number of rotatable bonds is 6. The van der Waals surface area contributed by atoms with Crippen LogP contribution in [-0.2, 0) is 0 Å². The van der Waals surface area contributed by atoms with Gasteiger partial charge in [0.25, 0.3) is 5.91 Å². The summed E-state index contributed by atoms with van der Waals surface area (Å²) in [6, 6.07) is 1.66. The van der Waals surface area contributed by atoms with E-state index < -0.39 is 0 Å². The molecule has 2 N–H and O–H groups in total. The number of carbonyl (C=O) groups excluding carboxylic acids is 1. The van der Waals surface area contributed by atoms with Crippen molar-refractivity contribution in [1.82, 2.24) is 10.3 Å². The zero-order valence-electron chi connectivity index (χ0n) is 11.8. The Hall–Kier alpha value is -0.940. The molecule has 1 aliphatic rings. The summed E-state index contributed by atoms with van der Waals surface area (Å²) in [5.41, 5.74) is 0.507. The van der Waals surface area contributed by atoms with Crippen molar-refractivity contribution in [3.63, 3.8) is 0 Å². The summed E-state index contributed by atoms with van der Waals surface area (Å²) in [5, 5.41) is 6.51. The van der Waals surface area contributed by atoms with Gasteiger partial charge >= 0.3 is 0 Å². The van der Waals surface area contributed by atoms with Crippen molar-refractivity contribution >= 4 is 35.1 Å². The SMILES string of the molecule is CCNc1ncc(C(=O)NCC2(SC)CCC2)cc1Cl. The summed E-state index contributed by atoms with van der Waals surface area (Å²) < 4.78 is 0.233. The first-order valence-electron chi connectivity index (χ1n) is 6.83. The Morgan fingerprint density at radius 2 is 2.30 bits per heavy atom. The van der Waals surface area contributed by atoms with Gasteiger partial charge in [-0.25, -0.2) is 4.98 Å². The second-order valence-corrected chi connectivity index (χ2v) is 6.69. The van der Waals surface area contributed by atoms with Crippen molar-refractivity contribution in [3.8, 4) is 0 Å². The molecule has 6 heteroatoms. The molecule has 0 aliphatic heterocycles. The number of pyridine rings is 1. The predicted octanol–water partition coefficient (Wildman–Crippen LogP) is 3.18. The molecule has 1 aromatic heterocycles. The number of nitrogens with one attached hydrogen (secondary N) is 2. The summed E-state index contributed by atoms with van der Waals surface area (Å²) >= 11 is 7.94. The molecule has 1 aromatic rings. The molecule has 0 spiro atoms. The van der Waals surface area contributed by atoms with E-state index in [1.54, 1.807) is 12.3 Å². The zero-order valence-corrected chi connectivity index (χ0v) is 13.4. The minimum absolute atomic E-state index is 0.109. The van der Waals surface area contributed by atoms with Gasteiger partial charge in [0.15, 0.2) is 0 Å². The summed E-state index contributed by atoms with van der Waals surface area (Å²) in [5.74, 6) is 0.507.